The van der Waals surface area contributed by atoms with E-state index < -0.39 is 27.1 Å². The molecule has 1 saturated carbocycles. The van der Waals surface area contributed by atoms with Crippen LogP contribution >= 0.6 is 0 Å². The lowest BCUT2D eigenvalue weighted by molar-refractivity contribution is -0.147. The number of rotatable bonds is 6. The van der Waals surface area contributed by atoms with Gasteiger partial charge in [0.2, 0.25) is 10.0 Å². The fraction of sp³-hybridized carbons (Fsp3) is 0.381. The van der Waals surface area contributed by atoms with Gasteiger partial charge >= 0.3 is 6.18 Å². The smallest absolute Gasteiger partial charge is 0.404 e. The molecule has 4 rings (SSSR count). The largest absolute Gasteiger partial charge is 0.497 e. The number of methoxy groups -OCH3 is 1. The lowest BCUT2D eigenvalue weighted by Crippen LogP contribution is -2.43. The highest BCUT2D eigenvalue weighted by Crippen LogP contribution is 2.42. The van der Waals surface area contributed by atoms with Gasteiger partial charge in [0.15, 0.2) is 5.82 Å². The number of sulfonamides is 1. The fourth-order valence-corrected chi connectivity index (χ4v) is 4.84. The summed E-state index contributed by atoms with van der Waals surface area (Å²) in [5.74, 6) is 0.722. The summed E-state index contributed by atoms with van der Waals surface area (Å²) in [7, 11) is -2.95. The monoisotopic (exact) mass is 479 g/mol. The maximum atomic E-state index is 12.8. The van der Waals surface area contributed by atoms with Gasteiger partial charge in [-0.3, -0.25) is 0 Å². The number of fused-ring (bicyclic) bond motifs is 1. The zero-order valence-electron chi connectivity index (χ0n) is 17.7. The molecule has 0 unspecified atom stereocenters. The molecule has 0 aliphatic heterocycles. The van der Waals surface area contributed by atoms with Crippen LogP contribution < -0.4 is 9.46 Å². The van der Waals surface area contributed by atoms with E-state index in [4.69, 9.17) is 4.74 Å². The van der Waals surface area contributed by atoms with E-state index in [-0.39, 0.29) is 11.9 Å². The van der Waals surface area contributed by atoms with Gasteiger partial charge in [-0.1, -0.05) is 0 Å². The quantitative estimate of drug-likeness (QED) is 0.574. The van der Waals surface area contributed by atoms with Crippen LogP contribution in [0, 0.1) is 11.3 Å². The second kappa shape index (κ2) is 8.31. The van der Waals surface area contributed by atoms with Crippen LogP contribution in [0.2, 0.25) is 0 Å². The van der Waals surface area contributed by atoms with Gasteiger partial charge in [0.1, 0.15) is 28.4 Å². The van der Waals surface area contributed by atoms with Crippen molar-refractivity contribution in [2.24, 2.45) is 0 Å². The van der Waals surface area contributed by atoms with E-state index >= 15 is 0 Å². The lowest BCUT2D eigenvalue weighted by Gasteiger charge is -2.29. The number of ether oxygens (including phenoxy) is 1. The van der Waals surface area contributed by atoms with E-state index in [9.17, 15) is 26.9 Å². The Bertz CT molecular complexity index is 1340. The number of hydrogen-bond acceptors (Lipinski definition) is 6. The van der Waals surface area contributed by atoms with Gasteiger partial charge in [0.25, 0.3) is 0 Å². The second-order valence-electron chi connectivity index (χ2n) is 7.80. The number of benzene rings is 1. The summed E-state index contributed by atoms with van der Waals surface area (Å²) in [5.41, 5.74) is 1.54. The van der Waals surface area contributed by atoms with Crippen LogP contribution in [-0.2, 0) is 10.0 Å². The van der Waals surface area contributed by atoms with Crippen LogP contribution in [0.25, 0.3) is 22.4 Å². The molecule has 0 saturated heterocycles. The van der Waals surface area contributed by atoms with Crippen molar-refractivity contribution in [1.82, 2.24) is 19.3 Å². The Labute approximate surface area is 188 Å². The average molecular weight is 479 g/mol. The van der Waals surface area contributed by atoms with E-state index in [0.717, 1.165) is 37.2 Å². The first-order chi connectivity index (χ1) is 15.6. The number of nitrogens with zero attached hydrogens (tertiary/aromatic N) is 4. The van der Waals surface area contributed by atoms with Crippen molar-refractivity contribution < 1.29 is 26.3 Å². The van der Waals surface area contributed by atoms with Crippen LogP contribution in [0.3, 0.4) is 0 Å². The first-order valence-electron chi connectivity index (χ1n) is 10.1. The maximum absolute atomic E-state index is 12.8. The Morgan fingerprint density at radius 3 is 2.45 bits per heavy atom. The SMILES string of the molecule is COc1ccc2c(C#N)c(-c3ncc(S(=O)(=O)N[C@H](C)C(F)(F)F)cn3)n(C3CCC3)c2c1. The number of nitrogens with one attached hydrogen (secondary N) is 1. The first-order valence-corrected chi connectivity index (χ1v) is 11.6. The van der Waals surface area contributed by atoms with Crippen LogP contribution in [0.4, 0.5) is 13.2 Å². The lowest BCUT2D eigenvalue weighted by atomic mass is 9.92. The molecule has 1 aliphatic carbocycles. The Hall–Kier alpha value is -3.17. The molecule has 2 aromatic heterocycles. The molecule has 1 N–H and O–H groups in total. The van der Waals surface area contributed by atoms with E-state index in [2.05, 4.69) is 16.0 Å². The summed E-state index contributed by atoms with van der Waals surface area (Å²) in [5, 5.41) is 10.6. The van der Waals surface area contributed by atoms with Gasteiger partial charge in [-0.25, -0.2) is 18.4 Å². The minimum absolute atomic E-state index is 0.108. The van der Waals surface area contributed by atoms with Gasteiger partial charge in [0.05, 0.1) is 30.6 Å². The van der Waals surface area contributed by atoms with E-state index in [1.165, 1.54) is 0 Å². The molecular weight excluding hydrogens is 459 g/mol. The highest BCUT2D eigenvalue weighted by atomic mass is 32.2. The second-order valence-corrected chi connectivity index (χ2v) is 9.51. The number of nitriles is 1. The summed E-state index contributed by atoms with van der Waals surface area (Å²) in [6.07, 6.45) is -0.0389. The molecule has 8 nitrogen and oxygen atoms in total. The fourth-order valence-electron chi connectivity index (χ4n) is 3.72. The van der Waals surface area contributed by atoms with Crippen molar-refractivity contribution in [2.75, 3.05) is 7.11 Å². The normalized spacial score (nSPS) is 15.8. The van der Waals surface area contributed by atoms with Gasteiger partial charge in [-0.2, -0.15) is 23.2 Å². The van der Waals surface area contributed by atoms with Crippen LogP contribution in [-0.4, -0.2) is 42.3 Å². The molecule has 0 radical (unpaired) electrons. The summed E-state index contributed by atoms with van der Waals surface area (Å²) in [6, 6.07) is 5.35. The zero-order chi connectivity index (χ0) is 24.0. The summed E-state index contributed by atoms with van der Waals surface area (Å²) >= 11 is 0. The topological polar surface area (TPSA) is 110 Å². The van der Waals surface area contributed by atoms with Gasteiger partial charge in [-0.05, 0) is 38.3 Å². The average Bonchev–Trinajstić information content (AvgIpc) is 3.04. The Balaban J connectivity index is 1.80. The van der Waals surface area contributed by atoms with Gasteiger partial charge < -0.3 is 9.30 Å². The molecular formula is C21H20F3N5O3S. The third-order valence-electron chi connectivity index (χ3n) is 5.74. The van der Waals surface area contributed by atoms with Gasteiger partial charge in [0, 0.05) is 17.5 Å². The summed E-state index contributed by atoms with van der Waals surface area (Å²) in [6.45, 7) is 0.706. The molecule has 174 valence electrons. The molecule has 2 heterocycles. The molecule has 1 atom stereocenters. The van der Waals surface area contributed by atoms with E-state index in [0.29, 0.717) is 29.3 Å². The number of hydrogen-bond donors (Lipinski definition) is 1. The third-order valence-corrected chi connectivity index (χ3v) is 7.23. The minimum atomic E-state index is -4.74. The highest BCUT2D eigenvalue weighted by Gasteiger charge is 2.39. The van der Waals surface area contributed by atoms with E-state index in [1.807, 2.05) is 10.6 Å². The standard InChI is InChI=1S/C21H20F3N5O3S/c1-12(21(22,23)24)28-33(30,31)15-10-26-20(27-11-15)19-17(9-25)16-7-6-14(32-2)8-18(16)29(19)13-4-3-5-13/h6-8,10-13,28H,3-5H2,1-2H3/t12-/m1/s1. The zero-order valence-corrected chi connectivity index (χ0v) is 18.5. The van der Waals surface area contributed by atoms with Crippen LogP contribution in [0.1, 0.15) is 37.8 Å². The Morgan fingerprint density at radius 2 is 1.94 bits per heavy atom. The van der Waals surface area contributed by atoms with Crippen molar-refractivity contribution >= 4 is 20.9 Å². The summed E-state index contributed by atoms with van der Waals surface area (Å²) in [4.78, 5) is 7.73. The van der Waals surface area contributed by atoms with Crippen molar-refractivity contribution in [2.45, 2.75) is 49.3 Å². The molecule has 0 amide bonds. The molecule has 3 aromatic rings. The molecule has 1 aromatic carbocycles. The molecule has 0 bridgehead atoms. The Kier molecular flexibility index (Phi) is 5.79. The molecule has 33 heavy (non-hydrogen) atoms. The molecule has 0 spiro atoms. The van der Waals surface area contributed by atoms with Crippen LogP contribution in [0.5, 0.6) is 5.75 Å². The Morgan fingerprint density at radius 1 is 1.27 bits per heavy atom. The number of alkyl halides is 3. The van der Waals surface area contributed by atoms with Crippen LogP contribution in [0.15, 0.2) is 35.5 Å². The third kappa shape index (κ3) is 4.14. The van der Waals surface area contributed by atoms with Crippen molar-refractivity contribution in [3.05, 3.63) is 36.2 Å². The summed E-state index contributed by atoms with van der Waals surface area (Å²) < 4.78 is 71.9. The molecule has 1 aliphatic rings. The van der Waals surface area contributed by atoms with Gasteiger partial charge in [-0.15, -0.1) is 0 Å². The molecule has 1 fully saturated rings. The first kappa shape index (κ1) is 23.0. The van der Waals surface area contributed by atoms with E-state index in [1.54, 1.807) is 24.0 Å². The molecule has 12 heteroatoms. The predicted octanol–water partition coefficient (Wildman–Crippen LogP) is 3.93. The minimum Gasteiger partial charge on any atom is -0.497 e. The predicted molar refractivity (Wildman–Crippen MR) is 113 cm³/mol. The van der Waals surface area contributed by atoms with Crippen molar-refractivity contribution in [3.63, 3.8) is 0 Å². The highest BCUT2D eigenvalue weighted by molar-refractivity contribution is 7.89. The van der Waals surface area contributed by atoms with Crippen molar-refractivity contribution in [3.8, 4) is 23.3 Å². The van der Waals surface area contributed by atoms with Crippen molar-refractivity contribution in [1.29, 1.82) is 5.26 Å². The maximum Gasteiger partial charge on any atom is 0.404 e. The number of aromatic nitrogens is 3. The number of halogens is 3.